The fourth-order valence-electron chi connectivity index (χ4n) is 2.84. The molecule has 0 unspecified atom stereocenters. The monoisotopic (exact) mass is 410 g/mol. The van der Waals surface area contributed by atoms with Crippen LogP contribution in [-0.4, -0.2) is 39.2 Å². The molecule has 1 aliphatic rings. The lowest BCUT2D eigenvalue weighted by Gasteiger charge is -2.27. The Morgan fingerprint density at radius 1 is 1.14 bits per heavy atom. The summed E-state index contributed by atoms with van der Waals surface area (Å²) in [6, 6.07) is 9.53. The molecule has 0 spiro atoms. The highest BCUT2D eigenvalue weighted by Crippen LogP contribution is 2.32. The number of carbonyl (C=O) groups is 1. The zero-order valence-electron chi connectivity index (χ0n) is 15.4. The van der Waals surface area contributed by atoms with Crippen molar-refractivity contribution in [2.24, 2.45) is 0 Å². The van der Waals surface area contributed by atoms with Crippen LogP contribution in [-0.2, 0) is 11.0 Å². The van der Waals surface area contributed by atoms with Gasteiger partial charge < -0.3 is 0 Å². The van der Waals surface area contributed by atoms with Crippen LogP contribution in [0.5, 0.6) is 0 Å². The molecular formula is C19H21F3N4OS. The molecule has 1 saturated heterocycles. The predicted molar refractivity (Wildman–Crippen MR) is 101 cm³/mol. The van der Waals surface area contributed by atoms with Gasteiger partial charge in [0.15, 0.2) is 5.16 Å². The topological polar surface area (TPSA) is 58.1 Å². The third-order valence-electron chi connectivity index (χ3n) is 4.34. The molecule has 0 bridgehead atoms. The van der Waals surface area contributed by atoms with Crippen molar-refractivity contribution in [2.45, 2.75) is 42.8 Å². The summed E-state index contributed by atoms with van der Waals surface area (Å²) >= 11 is 0.918. The lowest BCUT2D eigenvalue weighted by molar-refractivity contribution is -0.141. The lowest BCUT2D eigenvalue weighted by atomic mass is 10.1. The van der Waals surface area contributed by atoms with Crippen molar-refractivity contribution in [1.29, 1.82) is 0 Å². The Morgan fingerprint density at radius 3 is 2.46 bits per heavy atom. The van der Waals surface area contributed by atoms with Gasteiger partial charge in [0.05, 0.1) is 10.9 Å². The number of nitrogens with one attached hydrogen (secondary N) is 1. The Labute approximate surface area is 165 Å². The van der Waals surface area contributed by atoms with Crippen molar-refractivity contribution in [2.75, 3.05) is 13.1 Å². The molecule has 1 amide bonds. The van der Waals surface area contributed by atoms with Gasteiger partial charge in [-0.3, -0.25) is 10.2 Å². The molecule has 1 aromatic heterocycles. The van der Waals surface area contributed by atoms with Gasteiger partial charge >= 0.3 is 6.18 Å². The van der Waals surface area contributed by atoms with Gasteiger partial charge in [0.1, 0.15) is 5.69 Å². The zero-order valence-corrected chi connectivity index (χ0v) is 16.2. The van der Waals surface area contributed by atoms with Crippen LogP contribution in [0.3, 0.4) is 0 Å². The first kappa shape index (κ1) is 20.6. The quantitative estimate of drug-likeness (QED) is 0.593. The van der Waals surface area contributed by atoms with Crippen LogP contribution in [0, 0.1) is 0 Å². The molecule has 2 aromatic rings. The molecular weight excluding hydrogens is 389 g/mol. The van der Waals surface area contributed by atoms with E-state index in [-0.39, 0.29) is 16.8 Å². The normalized spacial score (nSPS) is 16.6. The molecule has 1 aliphatic heterocycles. The number of halogens is 3. The maximum atomic E-state index is 13.3. The summed E-state index contributed by atoms with van der Waals surface area (Å²) in [4.78, 5) is 20.3. The fourth-order valence-corrected chi connectivity index (χ4v) is 3.62. The van der Waals surface area contributed by atoms with E-state index in [4.69, 9.17) is 0 Å². The molecule has 2 heterocycles. The Hall–Kier alpha value is -2.13. The maximum Gasteiger partial charge on any atom is 0.433 e. The van der Waals surface area contributed by atoms with Gasteiger partial charge in [-0.2, -0.15) is 13.2 Å². The number of benzene rings is 1. The van der Waals surface area contributed by atoms with Gasteiger partial charge in [0.2, 0.25) is 5.91 Å². The molecule has 0 radical (unpaired) electrons. The molecule has 3 rings (SSSR count). The van der Waals surface area contributed by atoms with Crippen LogP contribution in [0.2, 0.25) is 0 Å². The molecule has 0 aliphatic carbocycles. The summed E-state index contributed by atoms with van der Waals surface area (Å²) in [7, 11) is 0. The van der Waals surface area contributed by atoms with E-state index in [1.54, 1.807) is 37.3 Å². The van der Waals surface area contributed by atoms with E-state index in [1.807, 2.05) is 5.01 Å². The van der Waals surface area contributed by atoms with Crippen molar-refractivity contribution in [3.05, 3.63) is 42.1 Å². The highest BCUT2D eigenvalue weighted by Gasteiger charge is 2.34. The first-order valence-electron chi connectivity index (χ1n) is 9.07. The maximum absolute atomic E-state index is 13.3. The Bertz CT molecular complexity index is 811. The van der Waals surface area contributed by atoms with Gasteiger partial charge in [-0.15, -0.1) is 0 Å². The number of piperidine rings is 1. The number of nitrogens with zero attached hydrogens (tertiary/aromatic N) is 3. The van der Waals surface area contributed by atoms with Crippen LogP contribution >= 0.6 is 11.8 Å². The molecule has 28 heavy (non-hydrogen) atoms. The van der Waals surface area contributed by atoms with Crippen molar-refractivity contribution in [3.63, 3.8) is 0 Å². The molecule has 9 heteroatoms. The number of hydrogen-bond acceptors (Lipinski definition) is 5. The minimum Gasteiger partial charge on any atom is -0.288 e. The summed E-state index contributed by atoms with van der Waals surface area (Å²) in [6.07, 6.45) is -1.43. The molecule has 5 nitrogen and oxygen atoms in total. The van der Waals surface area contributed by atoms with Crippen LogP contribution in [0.15, 0.2) is 41.6 Å². The van der Waals surface area contributed by atoms with E-state index in [0.29, 0.717) is 5.56 Å². The van der Waals surface area contributed by atoms with E-state index >= 15 is 0 Å². The third-order valence-corrected chi connectivity index (χ3v) is 5.30. The Balaban J connectivity index is 1.79. The number of alkyl halides is 3. The molecule has 1 atom stereocenters. The number of aromatic nitrogens is 2. The Morgan fingerprint density at radius 2 is 1.82 bits per heavy atom. The van der Waals surface area contributed by atoms with E-state index < -0.39 is 17.1 Å². The second kappa shape index (κ2) is 8.91. The van der Waals surface area contributed by atoms with Gasteiger partial charge in [-0.1, -0.05) is 48.5 Å². The minimum atomic E-state index is -4.60. The summed E-state index contributed by atoms with van der Waals surface area (Å²) in [5, 5.41) is 1.15. The standard InChI is InChI=1S/C19H21F3N4OS/c1-13(17(27)25-26-10-6-3-7-11-26)28-18-23-15(14-8-4-2-5-9-14)12-16(24-18)19(20,21)22/h2,4-5,8-9,12-13H,3,6-7,10-11H2,1H3,(H,25,27)/t13-/m1/s1. The summed E-state index contributed by atoms with van der Waals surface area (Å²) in [6.45, 7) is 3.19. The van der Waals surface area contributed by atoms with Crippen LogP contribution in [0.1, 0.15) is 31.9 Å². The van der Waals surface area contributed by atoms with E-state index in [1.165, 1.54) is 0 Å². The fraction of sp³-hybridized carbons (Fsp3) is 0.421. The van der Waals surface area contributed by atoms with E-state index in [2.05, 4.69) is 15.4 Å². The number of rotatable bonds is 5. The minimum absolute atomic E-state index is 0.0741. The first-order valence-corrected chi connectivity index (χ1v) is 9.95. The average Bonchev–Trinajstić information content (AvgIpc) is 2.68. The lowest BCUT2D eigenvalue weighted by Crippen LogP contribution is -2.47. The number of thioether (sulfide) groups is 1. The van der Waals surface area contributed by atoms with Gasteiger partial charge in [-0.05, 0) is 25.8 Å². The highest BCUT2D eigenvalue weighted by molar-refractivity contribution is 8.00. The van der Waals surface area contributed by atoms with Crippen molar-refractivity contribution < 1.29 is 18.0 Å². The predicted octanol–water partition coefficient (Wildman–Crippen LogP) is 4.16. The second-order valence-corrected chi connectivity index (χ2v) is 7.88. The van der Waals surface area contributed by atoms with Crippen molar-refractivity contribution in [1.82, 2.24) is 20.4 Å². The summed E-state index contributed by atoms with van der Waals surface area (Å²) < 4.78 is 39.8. The van der Waals surface area contributed by atoms with Crippen molar-refractivity contribution in [3.8, 4) is 11.3 Å². The SMILES string of the molecule is C[C@@H](Sc1nc(-c2ccccc2)cc(C(F)(F)F)n1)C(=O)NN1CCCCC1. The van der Waals surface area contributed by atoms with Crippen LogP contribution in [0.4, 0.5) is 13.2 Å². The van der Waals surface area contributed by atoms with Gasteiger partial charge in [0, 0.05) is 18.7 Å². The smallest absolute Gasteiger partial charge is 0.288 e. The summed E-state index contributed by atoms with van der Waals surface area (Å²) in [5.41, 5.74) is 2.54. The second-order valence-electron chi connectivity index (χ2n) is 6.57. The first-order chi connectivity index (χ1) is 13.3. The molecule has 1 fully saturated rings. The van der Waals surface area contributed by atoms with Crippen molar-refractivity contribution >= 4 is 17.7 Å². The number of carbonyl (C=O) groups excluding carboxylic acids is 1. The van der Waals surface area contributed by atoms with Crippen LogP contribution in [0.25, 0.3) is 11.3 Å². The van der Waals surface area contributed by atoms with Gasteiger partial charge in [-0.25, -0.2) is 15.0 Å². The molecule has 1 N–H and O–H groups in total. The highest BCUT2D eigenvalue weighted by atomic mass is 32.2. The van der Waals surface area contributed by atoms with E-state index in [0.717, 1.165) is 50.2 Å². The van der Waals surface area contributed by atoms with E-state index in [9.17, 15) is 18.0 Å². The largest absolute Gasteiger partial charge is 0.433 e. The number of hydrogen-bond donors (Lipinski definition) is 1. The van der Waals surface area contributed by atoms with Crippen LogP contribution < -0.4 is 5.43 Å². The molecule has 0 saturated carbocycles. The number of amides is 1. The molecule has 1 aromatic carbocycles. The Kier molecular flexibility index (Phi) is 6.56. The summed E-state index contributed by atoms with van der Waals surface area (Å²) in [5.74, 6) is -0.269. The molecule has 150 valence electrons. The van der Waals surface area contributed by atoms with Gasteiger partial charge in [0.25, 0.3) is 0 Å². The zero-order chi connectivity index (χ0) is 20.1. The average molecular weight is 410 g/mol. The third kappa shape index (κ3) is 5.45. The number of hydrazine groups is 1.